The molecule has 2 aromatic rings. The Balaban J connectivity index is 2.26. The molecule has 1 heterocycles. The van der Waals surface area contributed by atoms with Gasteiger partial charge in [0.25, 0.3) is 5.91 Å². The molecule has 4 nitrogen and oxygen atoms in total. The number of benzene rings is 1. The van der Waals surface area contributed by atoms with Crippen LogP contribution in [0.1, 0.15) is 49.3 Å². The second-order valence-electron chi connectivity index (χ2n) is 6.46. The number of aromatic nitrogens is 1. The van der Waals surface area contributed by atoms with Gasteiger partial charge in [-0.05, 0) is 69.5 Å². The van der Waals surface area contributed by atoms with Gasteiger partial charge in [-0.3, -0.25) is 4.79 Å². The summed E-state index contributed by atoms with van der Waals surface area (Å²) in [4.78, 5) is 12.4. The molecule has 0 bridgehead atoms. The van der Waals surface area contributed by atoms with Crippen molar-refractivity contribution in [3.05, 3.63) is 58.4 Å². The normalized spacial score (nSPS) is 11.5. The molecule has 0 atom stereocenters. The van der Waals surface area contributed by atoms with Crippen LogP contribution in [0, 0.1) is 25.2 Å². The van der Waals surface area contributed by atoms with Crippen LogP contribution in [0.15, 0.2) is 35.9 Å². The van der Waals surface area contributed by atoms with Gasteiger partial charge >= 0.3 is 0 Å². The fourth-order valence-electron chi connectivity index (χ4n) is 3.07. The van der Waals surface area contributed by atoms with E-state index in [1.165, 1.54) is 5.56 Å². The van der Waals surface area contributed by atoms with Crippen LogP contribution >= 0.6 is 0 Å². The maximum absolute atomic E-state index is 12.4. The van der Waals surface area contributed by atoms with Crippen molar-refractivity contribution in [1.82, 2.24) is 4.57 Å². The molecule has 0 aliphatic rings. The molecule has 130 valence electrons. The summed E-state index contributed by atoms with van der Waals surface area (Å²) >= 11 is 0. The Labute approximate surface area is 149 Å². The molecule has 1 amide bonds. The van der Waals surface area contributed by atoms with E-state index >= 15 is 0 Å². The van der Waals surface area contributed by atoms with E-state index < -0.39 is 0 Å². The Morgan fingerprint density at radius 1 is 1.28 bits per heavy atom. The molecule has 0 unspecified atom stereocenters. The molecule has 0 saturated carbocycles. The molecule has 1 aromatic heterocycles. The van der Waals surface area contributed by atoms with Crippen molar-refractivity contribution in [2.24, 2.45) is 0 Å². The van der Waals surface area contributed by atoms with Crippen LogP contribution in [-0.4, -0.2) is 10.5 Å². The van der Waals surface area contributed by atoms with Crippen LogP contribution in [0.3, 0.4) is 0 Å². The molecule has 4 heteroatoms. The van der Waals surface area contributed by atoms with Crippen LogP contribution in [0.4, 0.5) is 5.69 Å². The lowest BCUT2D eigenvalue weighted by Gasteiger charge is -2.13. The third kappa shape index (κ3) is 4.19. The number of carbonyl (C=O) groups excluding carboxylic acids is 1. The Bertz CT molecular complexity index is 833. The summed E-state index contributed by atoms with van der Waals surface area (Å²) in [6, 6.07) is 12.0. The first kappa shape index (κ1) is 18.5. The number of anilines is 1. The lowest BCUT2D eigenvalue weighted by atomic mass is 10.1. The van der Waals surface area contributed by atoms with E-state index in [1.54, 1.807) is 6.08 Å². The molecule has 0 radical (unpaired) electrons. The molecule has 0 spiro atoms. The molecule has 2 rings (SSSR count). The number of nitrogens with one attached hydrogen (secondary N) is 1. The van der Waals surface area contributed by atoms with E-state index in [9.17, 15) is 10.1 Å². The van der Waals surface area contributed by atoms with Crippen LogP contribution in [0.5, 0.6) is 0 Å². The van der Waals surface area contributed by atoms with Gasteiger partial charge in [0.15, 0.2) is 0 Å². The lowest BCUT2D eigenvalue weighted by Crippen LogP contribution is -2.13. The van der Waals surface area contributed by atoms with Crippen LogP contribution in [-0.2, 0) is 11.2 Å². The van der Waals surface area contributed by atoms with Gasteiger partial charge in [-0.2, -0.15) is 5.26 Å². The van der Waals surface area contributed by atoms with E-state index in [2.05, 4.69) is 30.7 Å². The maximum atomic E-state index is 12.4. The lowest BCUT2D eigenvalue weighted by molar-refractivity contribution is -0.112. The first-order valence-electron chi connectivity index (χ1n) is 8.57. The van der Waals surface area contributed by atoms with Gasteiger partial charge in [0.05, 0.1) is 0 Å². The number of amides is 1. The molecular weight excluding hydrogens is 310 g/mol. The van der Waals surface area contributed by atoms with Crippen molar-refractivity contribution in [1.29, 1.82) is 5.26 Å². The Kier molecular flexibility index (Phi) is 5.82. The monoisotopic (exact) mass is 335 g/mol. The summed E-state index contributed by atoms with van der Waals surface area (Å²) in [5.74, 6) is -0.388. The van der Waals surface area contributed by atoms with E-state index in [1.807, 2.05) is 50.2 Å². The zero-order valence-electron chi connectivity index (χ0n) is 15.6. The van der Waals surface area contributed by atoms with Crippen molar-refractivity contribution >= 4 is 17.7 Å². The fourth-order valence-corrected chi connectivity index (χ4v) is 3.07. The quantitative estimate of drug-likeness (QED) is 0.630. The summed E-state index contributed by atoms with van der Waals surface area (Å²) in [7, 11) is 0. The molecule has 1 aromatic carbocycles. The van der Waals surface area contributed by atoms with Crippen molar-refractivity contribution in [2.75, 3.05) is 5.32 Å². The Morgan fingerprint density at radius 2 is 1.92 bits per heavy atom. The number of aryl methyl sites for hydroxylation is 2. The van der Waals surface area contributed by atoms with Crippen molar-refractivity contribution < 1.29 is 4.79 Å². The predicted octanol–water partition coefficient (Wildman–Crippen LogP) is 4.79. The van der Waals surface area contributed by atoms with Crippen molar-refractivity contribution in [3.63, 3.8) is 0 Å². The fraction of sp³-hybridized carbons (Fsp3) is 0.333. The third-order valence-electron chi connectivity index (χ3n) is 4.32. The maximum Gasteiger partial charge on any atom is 0.266 e. The molecule has 0 fully saturated rings. The highest BCUT2D eigenvalue weighted by atomic mass is 16.1. The second-order valence-corrected chi connectivity index (χ2v) is 6.46. The molecular formula is C21H25N3O. The topological polar surface area (TPSA) is 57.8 Å². The summed E-state index contributed by atoms with van der Waals surface area (Å²) < 4.78 is 2.20. The smallest absolute Gasteiger partial charge is 0.266 e. The predicted molar refractivity (Wildman–Crippen MR) is 102 cm³/mol. The highest BCUT2D eigenvalue weighted by Gasteiger charge is 2.14. The van der Waals surface area contributed by atoms with Crippen LogP contribution < -0.4 is 5.32 Å². The highest BCUT2D eigenvalue weighted by Crippen LogP contribution is 2.22. The van der Waals surface area contributed by atoms with Gasteiger partial charge in [-0.25, -0.2) is 0 Å². The van der Waals surface area contributed by atoms with Gasteiger partial charge in [0.2, 0.25) is 0 Å². The van der Waals surface area contributed by atoms with Crippen LogP contribution in [0.25, 0.3) is 6.08 Å². The number of hydrogen-bond acceptors (Lipinski definition) is 2. The van der Waals surface area contributed by atoms with E-state index in [0.29, 0.717) is 11.7 Å². The number of nitrogens with zero attached hydrogens (tertiary/aromatic N) is 2. The van der Waals surface area contributed by atoms with E-state index in [0.717, 1.165) is 23.4 Å². The van der Waals surface area contributed by atoms with Gasteiger partial charge in [-0.15, -0.1) is 0 Å². The molecule has 0 aliphatic heterocycles. The van der Waals surface area contributed by atoms with Crippen molar-refractivity contribution in [2.45, 2.75) is 47.1 Å². The van der Waals surface area contributed by atoms with Gasteiger partial charge in [0, 0.05) is 23.1 Å². The summed E-state index contributed by atoms with van der Waals surface area (Å²) in [5.41, 5.74) is 5.07. The summed E-state index contributed by atoms with van der Waals surface area (Å²) in [5, 5.41) is 12.2. The molecule has 0 aliphatic carbocycles. The minimum atomic E-state index is -0.388. The Morgan fingerprint density at radius 3 is 2.40 bits per heavy atom. The zero-order chi connectivity index (χ0) is 18.6. The SMILES string of the molecule is CCc1ccc(NC(=O)/C(C#N)=C/c2cc(C)n(C(C)C)c2C)cc1. The highest BCUT2D eigenvalue weighted by molar-refractivity contribution is 6.09. The number of carbonyl (C=O) groups is 1. The molecule has 0 saturated heterocycles. The molecule has 1 N–H and O–H groups in total. The Hall–Kier alpha value is -2.80. The van der Waals surface area contributed by atoms with Crippen LogP contribution in [0.2, 0.25) is 0 Å². The summed E-state index contributed by atoms with van der Waals surface area (Å²) in [6.07, 6.45) is 2.61. The number of nitriles is 1. The number of rotatable bonds is 5. The second kappa shape index (κ2) is 7.85. The van der Waals surface area contributed by atoms with Gasteiger partial charge < -0.3 is 9.88 Å². The number of hydrogen-bond donors (Lipinski definition) is 1. The van der Waals surface area contributed by atoms with Crippen molar-refractivity contribution in [3.8, 4) is 6.07 Å². The molecule has 25 heavy (non-hydrogen) atoms. The first-order chi connectivity index (χ1) is 11.9. The minimum Gasteiger partial charge on any atom is -0.346 e. The zero-order valence-corrected chi connectivity index (χ0v) is 15.6. The van der Waals surface area contributed by atoms with Gasteiger partial charge in [0.1, 0.15) is 11.6 Å². The minimum absolute atomic E-state index is 0.101. The van der Waals surface area contributed by atoms with Gasteiger partial charge in [-0.1, -0.05) is 19.1 Å². The summed E-state index contributed by atoms with van der Waals surface area (Å²) in [6.45, 7) is 10.4. The first-order valence-corrected chi connectivity index (χ1v) is 8.57. The van der Waals surface area contributed by atoms with E-state index in [-0.39, 0.29) is 11.5 Å². The average molecular weight is 335 g/mol. The van der Waals surface area contributed by atoms with E-state index in [4.69, 9.17) is 0 Å². The standard InChI is InChI=1S/C21H25N3O/c1-6-17-7-9-20(10-8-17)23-21(25)19(13-22)12-18-11-15(4)24(14(2)3)16(18)5/h7-12,14H,6H2,1-5H3,(H,23,25)/b19-12+. The third-order valence-corrected chi connectivity index (χ3v) is 4.32. The largest absolute Gasteiger partial charge is 0.346 e. The average Bonchev–Trinajstić information content (AvgIpc) is 2.86.